The SMILES string of the molecule is COc1cc(C)c2c(c1-c1cc(N)n(C)n1)CCCC2. The van der Waals surface area contributed by atoms with Crippen LogP contribution in [-0.4, -0.2) is 16.9 Å². The van der Waals surface area contributed by atoms with Gasteiger partial charge in [0.05, 0.1) is 12.8 Å². The Morgan fingerprint density at radius 3 is 2.50 bits per heavy atom. The molecule has 0 radical (unpaired) electrons. The van der Waals surface area contributed by atoms with E-state index in [4.69, 9.17) is 10.5 Å². The minimum absolute atomic E-state index is 0.673. The third-order valence-electron chi connectivity index (χ3n) is 4.23. The summed E-state index contributed by atoms with van der Waals surface area (Å²) in [5.74, 6) is 1.58. The van der Waals surface area contributed by atoms with Gasteiger partial charge in [0.15, 0.2) is 0 Å². The first-order valence-corrected chi connectivity index (χ1v) is 7.11. The average molecular weight is 271 g/mol. The molecule has 4 heteroatoms. The van der Waals surface area contributed by atoms with E-state index in [-0.39, 0.29) is 0 Å². The largest absolute Gasteiger partial charge is 0.496 e. The van der Waals surface area contributed by atoms with Crippen molar-refractivity contribution >= 4 is 5.82 Å². The monoisotopic (exact) mass is 271 g/mol. The summed E-state index contributed by atoms with van der Waals surface area (Å²) in [5.41, 5.74) is 12.2. The third-order valence-corrected chi connectivity index (χ3v) is 4.23. The number of benzene rings is 1. The fourth-order valence-corrected chi connectivity index (χ4v) is 3.17. The second-order valence-corrected chi connectivity index (χ2v) is 5.51. The zero-order valence-electron chi connectivity index (χ0n) is 12.4. The number of nitrogens with two attached hydrogens (primary N) is 1. The fraction of sp³-hybridized carbons (Fsp3) is 0.438. The standard InChI is InChI=1S/C16H21N3O/c1-10-8-14(20-3)16(12-7-5-4-6-11(10)12)13-9-15(17)19(2)18-13/h8-9H,4-7,17H2,1-3H3. The number of nitrogens with zero attached hydrogens (tertiary/aromatic N) is 2. The maximum atomic E-state index is 5.94. The smallest absolute Gasteiger partial charge is 0.128 e. The van der Waals surface area contributed by atoms with Crippen molar-refractivity contribution in [2.75, 3.05) is 12.8 Å². The lowest BCUT2D eigenvalue weighted by Crippen LogP contribution is -2.08. The quantitative estimate of drug-likeness (QED) is 0.913. The van der Waals surface area contributed by atoms with E-state index in [1.807, 2.05) is 13.1 Å². The van der Waals surface area contributed by atoms with Crippen molar-refractivity contribution < 1.29 is 4.74 Å². The molecule has 2 N–H and O–H groups in total. The number of nitrogen functional groups attached to an aromatic ring is 1. The van der Waals surface area contributed by atoms with Gasteiger partial charge in [0.1, 0.15) is 11.6 Å². The van der Waals surface area contributed by atoms with E-state index in [2.05, 4.69) is 18.1 Å². The molecule has 0 atom stereocenters. The molecule has 2 aromatic rings. The van der Waals surface area contributed by atoms with Crippen LogP contribution in [0, 0.1) is 6.92 Å². The molecule has 1 heterocycles. The molecule has 1 aliphatic carbocycles. The van der Waals surface area contributed by atoms with Crippen LogP contribution >= 0.6 is 0 Å². The first-order chi connectivity index (χ1) is 9.61. The number of aromatic nitrogens is 2. The van der Waals surface area contributed by atoms with Gasteiger partial charge in [-0.2, -0.15) is 5.10 Å². The topological polar surface area (TPSA) is 53.1 Å². The molecule has 0 amide bonds. The van der Waals surface area contributed by atoms with Gasteiger partial charge in [-0.1, -0.05) is 0 Å². The summed E-state index contributed by atoms with van der Waals surface area (Å²) in [6, 6.07) is 4.06. The molecule has 0 aliphatic heterocycles. The summed E-state index contributed by atoms with van der Waals surface area (Å²) >= 11 is 0. The highest BCUT2D eigenvalue weighted by atomic mass is 16.5. The van der Waals surface area contributed by atoms with E-state index in [9.17, 15) is 0 Å². The van der Waals surface area contributed by atoms with Crippen LogP contribution in [0.3, 0.4) is 0 Å². The Kier molecular flexibility index (Phi) is 3.16. The van der Waals surface area contributed by atoms with Crippen molar-refractivity contribution in [1.29, 1.82) is 0 Å². The third kappa shape index (κ3) is 1.96. The first kappa shape index (κ1) is 13.0. The van der Waals surface area contributed by atoms with Crippen LogP contribution in [0.5, 0.6) is 5.75 Å². The number of aryl methyl sites for hydroxylation is 2. The van der Waals surface area contributed by atoms with E-state index in [1.165, 1.54) is 29.5 Å². The van der Waals surface area contributed by atoms with E-state index >= 15 is 0 Å². The highest BCUT2D eigenvalue weighted by molar-refractivity contribution is 5.75. The van der Waals surface area contributed by atoms with Crippen molar-refractivity contribution in [1.82, 2.24) is 9.78 Å². The predicted molar refractivity (Wildman–Crippen MR) is 81.0 cm³/mol. The average Bonchev–Trinajstić information content (AvgIpc) is 2.78. The van der Waals surface area contributed by atoms with Crippen LogP contribution < -0.4 is 10.5 Å². The summed E-state index contributed by atoms with van der Waals surface area (Å²) in [7, 11) is 3.59. The Morgan fingerprint density at radius 1 is 1.20 bits per heavy atom. The van der Waals surface area contributed by atoms with E-state index in [1.54, 1.807) is 11.8 Å². The Morgan fingerprint density at radius 2 is 1.90 bits per heavy atom. The number of rotatable bonds is 2. The summed E-state index contributed by atoms with van der Waals surface area (Å²) < 4.78 is 7.32. The lowest BCUT2D eigenvalue weighted by molar-refractivity contribution is 0.414. The Hall–Kier alpha value is -1.97. The highest BCUT2D eigenvalue weighted by Crippen LogP contribution is 2.40. The van der Waals surface area contributed by atoms with E-state index < -0.39 is 0 Å². The van der Waals surface area contributed by atoms with E-state index in [0.29, 0.717) is 5.82 Å². The Balaban J connectivity index is 2.27. The van der Waals surface area contributed by atoms with Crippen LogP contribution in [0.1, 0.15) is 29.5 Å². The molecule has 0 bridgehead atoms. The fourth-order valence-electron chi connectivity index (χ4n) is 3.17. The van der Waals surface area contributed by atoms with Gasteiger partial charge in [-0.05, 0) is 55.4 Å². The molecule has 1 aromatic heterocycles. The molecular formula is C16H21N3O. The number of hydrogen-bond acceptors (Lipinski definition) is 3. The van der Waals surface area contributed by atoms with E-state index in [0.717, 1.165) is 29.8 Å². The van der Waals surface area contributed by atoms with Crippen molar-refractivity contribution in [3.8, 4) is 17.0 Å². The minimum Gasteiger partial charge on any atom is -0.496 e. The van der Waals surface area contributed by atoms with Crippen molar-refractivity contribution in [3.05, 3.63) is 28.8 Å². The maximum absolute atomic E-state index is 5.94. The number of hydrogen-bond donors (Lipinski definition) is 1. The number of methoxy groups -OCH3 is 1. The van der Waals surface area contributed by atoms with Gasteiger partial charge in [0.25, 0.3) is 0 Å². The number of ether oxygens (including phenoxy) is 1. The summed E-state index contributed by atoms with van der Waals surface area (Å²) in [6.45, 7) is 2.17. The molecule has 0 saturated carbocycles. The van der Waals surface area contributed by atoms with Crippen LogP contribution in [0.15, 0.2) is 12.1 Å². The Bertz CT molecular complexity index is 639. The Labute approximate surface area is 119 Å². The van der Waals surface area contributed by atoms with Crippen LogP contribution in [0.25, 0.3) is 11.3 Å². The van der Waals surface area contributed by atoms with Crippen molar-refractivity contribution in [2.24, 2.45) is 7.05 Å². The summed E-state index contributed by atoms with van der Waals surface area (Å²) in [4.78, 5) is 0. The normalized spacial score (nSPS) is 14.2. The van der Waals surface area contributed by atoms with Crippen molar-refractivity contribution in [2.45, 2.75) is 32.6 Å². The van der Waals surface area contributed by atoms with Gasteiger partial charge in [-0.3, -0.25) is 4.68 Å². The second-order valence-electron chi connectivity index (χ2n) is 5.51. The van der Waals surface area contributed by atoms with Gasteiger partial charge in [0, 0.05) is 18.7 Å². The van der Waals surface area contributed by atoms with Crippen LogP contribution in [-0.2, 0) is 19.9 Å². The zero-order chi connectivity index (χ0) is 14.3. The van der Waals surface area contributed by atoms with Gasteiger partial charge < -0.3 is 10.5 Å². The molecule has 0 saturated heterocycles. The van der Waals surface area contributed by atoms with Gasteiger partial charge >= 0.3 is 0 Å². The lowest BCUT2D eigenvalue weighted by Gasteiger charge is -2.23. The van der Waals surface area contributed by atoms with Crippen molar-refractivity contribution in [3.63, 3.8) is 0 Å². The van der Waals surface area contributed by atoms with Gasteiger partial charge in [-0.15, -0.1) is 0 Å². The zero-order valence-corrected chi connectivity index (χ0v) is 12.4. The summed E-state index contributed by atoms with van der Waals surface area (Å²) in [5, 5.41) is 4.54. The molecule has 3 rings (SSSR count). The summed E-state index contributed by atoms with van der Waals surface area (Å²) in [6.07, 6.45) is 4.75. The molecule has 0 fully saturated rings. The lowest BCUT2D eigenvalue weighted by atomic mass is 9.84. The predicted octanol–water partition coefficient (Wildman–Crippen LogP) is 2.87. The molecule has 20 heavy (non-hydrogen) atoms. The molecule has 106 valence electrons. The molecule has 1 aliphatic rings. The molecule has 0 spiro atoms. The maximum Gasteiger partial charge on any atom is 0.128 e. The first-order valence-electron chi connectivity index (χ1n) is 7.11. The van der Waals surface area contributed by atoms with Crippen LogP contribution in [0.4, 0.5) is 5.82 Å². The second kappa shape index (κ2) is 4.85. The minimum atomic E-state index is 0.673. The highest BCUT2D eigenvalue weighted by Gasteiger charge is 2.22. The molecule has 4 nitrogen and oxygen atoms in total. The number of anilines is 1. The molecule has 0 unspecified atom stereocenters. The van der Waals surface area contributed by atoms with Gasteiger partial charge in [0.2, 0.25) is 0 Å². The number of fused-ring (bicyclic) bond motifs is 1. The van der Waals surface area contributed by atoms with Crippen LogP contribution in [0.2, 0.25) is 0 Å². The molecule has 1 aromatic carbocycles. The molecular weight excluding hydrogens is 250 g/mol. The van der Waals surface area contributed by atoms with Gasteiger partial charge in [-0.25, -0.2) is 0 Å².